The molecule has 2 aromatic carbocycles. The first kappa shape index (κ1) is 14.9. The van der Waals surface area contributed by atoms with Gasteiger partial charge in [-0.25, -0.2) is 0 Å². The van der Waals surface area contributed by atoms with Gasteiger partial charge in [-0.3, -0.25) is 0 Å². The highest BCUT2D eigenvalue weighted by Crippen LogP contribution is 2.33. The Morgan fingerprint density at radius 2 is 1.75 bits per heavy atom. The molecule has 2 rings (SSSR count). The van der Waals surface area contributed by atoms with Gasteiger partial charge >= 0.3 is 0 Å². The summed E-state index contributed by atoms with van der Waals surface area (Å²) in [5.41, 5.74) is 1.01. The van der Waals surface area contributed by atoms with Gasteiger partial charge in [0.25, 0.3) is 0 Å². The Bertz CT molecular complexity index is 548. The van der Waals surface area contributed by atoms with Gasteiger partial charge in [0, 0.05) is 5.39 Å². The van der Waals surface area contributed by atoms with Crippen LogP contribution in [0.1, 0.15) is 50.7 Å². The lowest BCUT2D eigenvalue weighted by Crippen LogP contribution is -1.99. The fourth-order valence-corrected chi connectivity index (χ4v) is 2.68. The van der Waals surface area contributed by atoms with Crippen LogP contribution in [0, 0.1) is 0 Å². The van der Waals surface area contributed by atoms with E-state index in [-0.39, 0.29) is 6.10 Å². The molecule has 1 unspecified atom stereocenters. The van der Waals surface area contributed by atoms with E-state index in [4.69, 9.17) is 4.74 Å². The number of hydrogen-bond acceptors (Lipinski definition) is 2. The lowest BCUT2D eigenvalue weighted by atomic mass is 9.96. The third-order valence-electron chi connectivity index (χ3n) is 3.83. The summed E-state index contributed by atoms with van der Waals surface area (Å²) in [5.74, 6) is 0.863. The SMILES string of the molecule is CCCCCCC(O)c1ccc(OC)c2ccccc12. The Kier molecular flexibility index (Phi) is 5.42. The maximum atomic E-state index is 10.4. The number of unbranched alkanes of at least 4 members (excludes halogenated alkanes) is 3. The highest BCUT2D eigenvalue weighted by molar-refractivity contribution is 5.91. The molecule has 0 heterocycles. The van der Waals surface area contributed by atoms with Crippen LogP contribution in [0.3, 0.4) is 0 Å². The first-order valence-electron chi connectivity index (χ1n) is 7.51. The van der Waals surface area contributed by atoms with Crippen LogP contribution in [0.25, 0.3) is 10.8 Å². The van der Waals surface area contributed by atoms with Crippen molar-refractivity contribution in [3.63, 3.8) is 0 Å². The number of rotatable bonds is 7. The largest absolute Gasteiger partial charge is 0.496 e. The number of hydrogen-bond donors (Lipinski definition) is 1. The summed E-state index contributed by atoms with van der Waals surface area (Å²) in [6.07, 6.45) is 5.19. The Morgan fingerprint density at radius 1 is 1.00 bits per heavy atom. The number of fused-ring (bicyclic) bond motifs is 1. The van der Waals surface area contributed by atoms with Crippen LogP contribution in [-0.2, 0) is 0 Å². The molecule has 1 atom stereocenters. The quantitative estimate of drug-likeness (QED) is 0.730. The second-order valence-corrected chi connectivity index (χ2v) is 5.27. The molecule has 0 amide bonds. The molecule has 1 N–H and O–H groups in total. The maximum absolute atomic E-state index is 10.4. The Balaban J connectivity index is 2.21. The van der Waals surface area contributed by atoms with Crippen molar-refractivity contribution in [3.8, 4) is 5.75 Å². The average Bonchev–Trinajstić information content (AvgIpc) is 2.50. The molecule has 0 aliphatic heterocycles. The van der Waals surface area contributed by atoms with E-state index >= 15 is 0 Å². The molecule has 2 nitrogen and oxygen atoms in total. The third-order valence-corrected chi connectivity index (χ3v) is 3.83. The third kappa shape index (κ3) is 3.31. The molecule has 0 fully saturated rings. The van der Waals surface area contributed by atoms with Crippen molar-refractivity contribution in [2.45, 2.75) is 45.1 Å². The van der Waals surface area contributed by atoms with E-state index in [1.165, 1.54) is 19.3 Å². The zero-order valence-corrected chi connectivity index (χ0v) is 12.4. The summed E-state index contributed by atoms with van der Waals surface area (Å²) in [5, 5.41) is 12.6. The lowest BCUT2D eigenvalue weighted by molar-refractivity contribution is 0.165. The van der Waals surface area contributed by atoms with Crippen molar-refractivity contribution in [2.24, 2.45) is 0 Å². The maximum Gasteiger partial charge on any atom is 0.126 e. The molecule has 0 saturated carbocycles. The molecule has 0 spiro atoms. The summed E-state index contributed by atoms with van der Waals surface area (Å²) >= 11 is 0. The van der Waals surface area contributed by atoms with E-state index in [0.29, 0.717) is 0 Å². The minimum atomic E-state index is -0.386. The van der Waals surface area contributed by atoms with Gasteiger partial charge in [0.15, 0.2) is 0 Å². The van der Waals surface area contributed by atoms with Crippen LogP contribution in [0.15, 0.2) is 36.4 Å². The van der Waals surface area contributed by atoms with Gasteiger partial charge in [0.1, 0.15) is 5.75 Å². The van der Waals surface area contributed by atoms with E-state index in [0.717, 1.165) is 34.9 Å². The van der Waals surface area contributed by atoms with E-state index in [1.54, 1.807) is 7.11 Å². The van der Waals surface area contributed by atoms with Gasteiger partial charge in [-0.15, -0.1) is 0 Å². The molecule has 0 bridgehead atoms. The fourth-order valence-electron chi connectivity index (χ4n) is 2.68. The fraction of sp³-hybridized carbons (Fsp3) is 0.444. The first-order valence-corrected chi connectivity index (χ1v) is 7.51. The van der Waals surface area contributed by atoms with Crippen molar-refractivity contribution in [2.75, 3.05) is 7.11 Å². The van der Waals surface area contributed by atoms with Crippen LogP contribution >= 0.6 is 0 Å². The van der Waals surface area contributed by atoms with Gasteiger partial charge in [0.2, 0.25) is 0 Å². The number of aliphatic hydroxyl groups excluding tert-OH is 1. The van der Waals surface area contributed by atoms with Crippen molar-refractivity contribution >= 4 is 10.8 Å². The summed E-state index contributed by atoms with van der Waals surface area (Å²) in [6, 6.07) is 12.1. The molecule has 108 valence electrons. The molecule has 0 saturated heterocycles. The van der Waals surface area contributed by atoms with Crippen molar-refractivity contribution in [3.05, 3.63) is 42.0 Å². The van der Waals surface area contributed by atoms with Gasteiger partial charge in [-0.1, -0.05) is 62.9 Å². The predicted octanol–water partition coefficient (Wildman–Crippen LogP) is 4.85. The molecular weight excluding hydrogens is 248 g/mol. The smallest absolute Gasteiger partial charge is 0.126 e. The van der Waals surface area contributed by atoms with Crippen molar-refractivity contribution < 1.29 is 9.84 Å². The summed E-state index contributed by atoms with van der Waals surface area (Å²) in [6.45, 7) is 2.20. The number of benzene rings is 2. The van der Waals surface area contributed by atoms with Crippen LogP contribution in [0.5, 0.6) is 5.75 Å². The molecule has 0 radical (unpaired) electrons. The molecule has 0 aliphatic rings. The highest BCUT2D eigenvalue weighted by atomic mass is 16.5. The van der Waals surface area contributed by atoms with Gasteiger partial charge in [-0.2, -0.15) is 0 Å². The highest BCUT2D eigenvalue weighted by Gasteiger charge is 2.13. The minimum Gasteiger partial charge on any atom is -0.496 e. The van der Waals surface area contributed by atoms with E-state index in [1.807, 2.05) is 30.3 Å². The topological polar surface area (TPSA) is 29.5 Å². The van der Waals surface area contributed by atoms with Gasteiger partial charge in [-0.05, 0) is 23.4 Å². The Morgan fingerprint density at radius 3 is 2.45 bits per heavy atom. The Labute approximate surface area is 121 Å². The number of ether oxygens (including phenoxy) is 1. The van der Waals surface area contributed by atoms with E-state index < -0.39 is 0 Å². The molecule has 20 heavy (non-hydrogen) atoms. The molecule has 2 aromatic rings. The van der Waals surface area contributed by atoms with Crippen LogP contribution in [-0.4, -0.2) is 12.2 Å². The second kappa shape index (κ2) is 7.30. The number of aliphatic hydroxyl groups is 1. The van der Waals surface area contributed by atoms with Gasteiger partial charge < -0.3 is 9.84 Å². The minimum absolute atomic E-state index is 0.386. The summed E-state index contributed by atoms with van der Waals surface area (Å²) < 4.78 is 5.39. The predicted molar refractivity (Wildman–Crippen MR) is 84.2 cm³/mol. The average molecular weight is 272 g/mol. The molecule has 2 heteroatoms. The van der Waals surface area contributed by atoms with E-state index in [9.17, 15) is 5.11 Å². The van der Waals surface area contributed by atoms with E-state index in [2.05, 4.69) is 13.0 Å². The zero-order chi connectivity index (χ0) is 14.4. The van der Waals surface area contributed by atoms with Crippen LogP contribution in [0.2, 0.25) is 0 Å². The van der Waals surface area contributed by atoms with Crippen molar-refractivity contribution in [1.29, 1.82) is 0 Å². The summed E-state index contributed by atoms with van der Waals surface area (Å²) in [4.78, 5) is 0. The monoisotopic (exact) mass is 272 g/mol. The molecule has 0 aromatic heterocycles. The van der Waals surface area contributed by atoms with Gasteiger partial charge in [0.05, 0.1) is 13.2 Å². The number of methoxy groups -OCH3 is 1. The first-order chi connectivity index (χ1) is 9.77. The second-order valence-electron chi connectivity index (χ2n) is 5.27. The van der Waals surface area contributed by atoms with Crippen molar-refractivity contribution in [1.82, 2.24) is 0 Å². The summed E-state index contributed by atoms with van der Waals surface area (Å²) in [7, 11) is 1.68. The molecular formula is C18H24O2. The van der Waals surface area contributed by atoms with Crippen LogP contribution in [0.4, 0.5) is 0 Å². The van der Waals surface area contributed by atoms with Crippen LogP contribution < -0.4 is 4.74 Å². The Hall–Kier alpha value is -1.54. The standard InChI is InChI=1S/C18H24O2/c1-3-4-5-6-11-17(19)15-12-13-18(20-2)16-10-8-7-9-14(15)16/h7-10,12-13,17,19H,3-6,11H2,1-2H3. The lowest BCUT2D eigenvalue weighted by Gasteiger charge is -2.15. The zero-order valence-electron chi connectivity index (χ0n) is 12.4. The molecule has 0 aliphatic carbocycles. The normalized spacial score (nSPS) is 12.6.